The molecule has 2 fully saturated rings. The first kappa shape index (κ1) is 23.3. The second-order valence-corrected chi connectivity index (χ2v) is 11.1. The second-order valence-electron chi connectivity index (χ2n) is 8.04. The molecule has 29 heavy (non-hydrogen) atoms. The average molecular weight is 467 g/mol. The third-order valence-electron chi connectivity index (χ3n) is 6.08. The highest BCUT2D eigenvalue weighted by Crippen LogP contribution is 2.50. The molecule has 162 valence electrons. The summed E-state index contributed by atoms with van der Waals surface area (Å²) in [4.78, 5) is 0. The van der Waals surface area contributed by atoms with Crippen LogP contribution in [0.2, 0.25) is 0 Å². The normalized spacial score (nSPS) is 28.8. The molecule has 1 aromatic rings. The molecule has 0 N–H and O–H groups in total. The fourth-order valence-electron chi connectivity index (χ4n) is 4.43. The van der Waals surface area contributed by atoms with Crippen LogP contribution in [0.1, 0.15) is 61.2 Å². The summed E-state index contributed by atoms with van der Waals surface area (Å²) in [7, 11) is 0. The molecular weight excluding hydrogens is 440 g/mol. The van der Waals surface area contributed by atoms with E-state index in [1.165, 1.54) is 38.5 Å². The summed E-state index contributed by atoms with van der Waals surface area (Å²) in [6.45, 7) is 2.06. The number of hydrogen-bond donors (Lipinski definition) is 0. The zero-order chi connectivity index (χ0) is 21.0. The van der Waals surface area contributed by atoms with Crippen LogP contribution in [0.5, 0.6) is 0 Å². The van der Waals surface area contributed by atoms with Gasteiger partial charge in [0.15, 0.2) is 0 Å². The summed E-state index contributed by atoms with van der Waals surface area (Å²) in [6, 6.07) is 2.02. The molecule has 1 aliphatic carbocycles. The van der Waals surface area contributed by atoms with E-state index in [1.54, 1.807) is 23.5 Å². The topological polar surface area (TPSA) is 0 Å². The van der Waals surface area contributed by atoms with Gasteiger partial charge < -0.3 is 0 Å². The minimum atomic E-state index is -4.05. The first-order valence-corrected chi connectivity index (χ1v) is 12.7. The van der Waals surface area contributed by atoms with Crippen LogP contribution in [0.3, 0.4) is 0 Å². The number of hydrogen-bond acceptors (Lipinski definition) is 2. The molecule has 3 rings (SSSR count). The Morgan fingerprint density at radius 2 is 1.62 bits per heavy atom. The highest BCUT2D eigenvalue weighted by molar-refractivity contribution is 8.16. The molecule has 0 nitrogen and oxygen atoms in total. The van der Waals surface area contributed by atoms with Crippen molar-refractivity contribution in [1.29, 1.82) is 0 Å². The van der Waals surface area contributed by atoms with Crippen molar-refractivity contribution in [3.8, 4) is 0 Å². The van der Waals surface area contributed by atoms with Crippen LogP contribution in [-0.2, 0) is 5.38 Å². The third-order valence-corrected chi connectivity index (χ3v) is 9.48. The van der Waals surface area contributed by atoms with Gasteiger partial charge in [-0.3, -0.25) is 0 Å². The van der Waals surface area contributed by atoms with Gasteiger partial charge in [0.2, 0.25) is 0 Å². The Bertz CT molecular complexity index is 680. The largest absolute Gasteiger partial charge is 0.353 e. The number of alkyl halides is 3. The lowest BCUT2D eigenvalue weighted by Crippen LogP contribution is -2.27. The van der Waals surface area contributed by atoms with E-state index < -0.39 is 22.6 Å². The van der Waals surface area contributed by atoms with Gasteiger partial charge in [0.1, 0.15) is 17.2 Å². The Hall–Kier alpha value is -0.330. The van der Waals surface area contributed by atoms with E-state index in [0.717, 1.165) is 35.5 Å². The van der Waals surface area contributed by atoms with Crippen LogP contribution in [0, 0.1) is 29.4 Å². The van der Waals surface area contributed by atoms with Gasteiger partial charge in [-0.15, -0.1) is 23.5 Å². The van der Waals surface area contributed by atoms with E-state index in [4.69, 9.17) is 11.6 Å². The van der Waals surface area contributed by atoms with Gasteiger partial charge >= 0.3 is 5.38 Å². The molecule has 1 heterocycles. The SMILES string of the molecule is CC=CCCC1CCC(C2CSC(c3cc(F)c(C(F)(F)Cl)c(F)c3)SC2)CC1. The summed E-state index contributed by atoms with van der Waals surface area (Å²) < 4.78 is 54.4. The Morgan fingerprint density at radius 1 is 1.03 bits per heavy atom. The fraction of sp³-hybridized carbons (Fsp3) is 0.636. The first-order chi connectivity index (χ1) is 13.8. The third kappa shape index (κ3) is 6.10. The van der Waals surface area contributed by atoms with E-state index in [-0.39, 0.29) is 4.58 Å². The van der Waals surface area contributed by atoms with Crippen LogP contribution >= 0.6 is 35.1 Å². The monoisotopic (exact) mass is 466 g/mol. The minimum absolute atomic E-state index is 0.134. The van der Waals surface area contributed by atoms with E-state index in [1.807, 2.05) is 0 Å². The quantitative estimate of drug-likeness (QED) is 0.234. The lowest BCUT2D eigenvalue weighted by molar-refractivity contribution is 0.0858. The molecule has 0 atom stereocenters. The number of rotatable bonds is 6. The lowest BCUT2D eigenvalue weighted by Gasteiger charge is -2.37. The molecule has 1 aromatic carbocycles. The Morgan fingerprint density at radius 3 is 2.14 bits per heavy atom. The van der Waals surface area contributed by atoms with Crippen molar-refractivity contribution in [3.63, 3.8) is 0 Å². The Kier molecular flexibility index (Phi) is 8.30. The van der Waals surface area contributed by atoms with Crippen molar-refractivity contribution in [2.75, 3.05) is 11.5 Å². The summed E-state index contributed by atoms with van der Waals surface area (Å²) >= 11 is 8.16. The molecule has 0 amide bonds. The second kappa shape index (κ2) is 10.3. The average Bonchev–Trinajstić information content (AvgIpc) is 2.67. The van der Waals surface area contributed by atoms with Gasteiger partial charge in [0, 0.05) is 0 Å². The number of thioether (sulfide) groups is 2. The molecular formula is C22H27ClF4S2. The highest BCUT2D eigenvalue weighted by Gasteiger charge is 2.37. The first-order valence-electron chi connectivity index (χ1n) is 10.2. The minimum Gasteiger partial charge on any atom is -0.206 e. The lowest BCUT2D eigenvalue weighted by atomic mass is 9.75. The van der Waals surface area contributed by atoms with Gasteiger partial charge in [0.05, 0.1) is 4.58 Å². The fourth-order valence-corrected chi connectivity index (χ4v) is 7.90. The predicted octanol–water partition coefficient (Wildman–Crippen LogP) is 8.51. The zero-order valence-electron chi connectivity index (χ0n) is 16.5. The van der Waals surface area contributed by atoms with Crippen LogP contribution in [0.15, 0.2) is 24.3 Å². The molecule has 2 aliphatic rings. The number of benzene rings is 1. The number of allylic oxidation sites excluding steroid dienone is 2. The van der Waals surface area contributed by atoms with Gasteiger partial charge in [-0.05, 0) is 91.2 Å². The summed E-state index contributed by atoms with van der Waals surface area (Å²) in [5, 5.41) is -4.05. The summed E-state index contributed by atoms with van der Waals surface area (Å²) in [6.07, 6.45) is 11.9. The van der Waals surface area contributed by atoms with Crippen LogP contribution in [0.25, 0.3) is 0 Å². The summed E-state index contributed by atoms with van der Waals surface area (Å²) in [5.41, 5.74) is -0.955. The van der Waals surface area contributed by atoms with Crippen LogP contribution in [-0.4, -0.2) is 11.5 Å². The molecule has 1 aliphatic heterocycles. The van der Waals surface area contributed by atoms with E-state index in [9.17, 15) is 17.6 Å². The summed E-state index contributed by atoms with van der Waals surface area (Å²) in [5.74, 6) is 1.51. The molecule has 7 heteroatoms. The molecule has 1 saturated heterocycles. The Balaban J connectivity index is 1.52. The van der Waals surface area contributed by atoms with Crippen molar-refractivity contribution in [3.05, 3.63) is 47.0 Å². The molecule has 0 radical (unpaired) electrons. The number of halogens is 5. The van der Waals surface area contributed by atoms with Crippen molar-refractivity contribution < 1.29 is 17.6 Å². The van der Waals surface area contributed by atoms with E-state index in [2.05, 4.69) is 19.1 Å². The van der Waals surface area contributed by atoms with Crippen molar-refractivity contribution in [2.24, 2.45) is 17.8 Å². The highest BCUT2D eigenvalue weighted by atomic mass is 35.5. The molecule has 1 saturated carbocycles. The maximum absolute atomic E-state index is 14.1. The molecule has 0 aromatic heterocycles. The van der Waals surface area contributed by atoms with Gasteiger partial charge in [-0.1, -0.05) is 25.0 Å². The van der Waals surface area contributed by atoms with Crippen molar-refractivity contribution >= 4 is 35.1 Å². The van der Waals surface area contributed by atoms with Gasteiger partial charge in [-0.25, -0.2) is 8.78 Å². The molecule has 0 spiro atoms. The predicted molar refractivity (Wildman–Crippen MR) is 117 cm³/mol. The van der Waals surface area contributed by atoms with Crippen molar-refractivity contribution in [2.45, 2.75) is 55.4 Å². The maximum Gasteiger partial charge on any atom is 0.353 e. The molecule has 0 unspecified atom stereocenters. The molecule has 0 bridgehead atoms. The van der Waals surface area contributed by atoms with E-state index >= 15 is 0 Å². The van der Waals surface area contributed by atoms with E-state index in [0.29, 0.717) is 11.5 Å². The van der Waals surface area contributed by atoms with Gasteiger partial charge in [0.25, 0.3) is 0 Å². The standard InChI is InChI=1S/C22H27ClF4S2/c1-2-3-4-5-14-6-8-15(9-7-14)17-12-28-21(29-13-17)16-10-18(24)20(19(25)11-16)22(23,26)27/h2-3,10-11,14-15,17,21H,4-9,12-13H2,1H3. The van der Waals surface area contributed by atoms with Gasteiger partial charge in [-0.2, -0.15) is 8.78 Å². The maximum atomic E-state index is 14.1. The zero-order valence-corrected chi connectivity index (χ0v) is 18.9. The Labute approximate surface area is 184 Å². The smallest absolute Gasteiger partial charge is 0.206 e. The van der Waals surface area contributed by atoms with Crippen LogP contribution in [0.4, 0.5) is 17.6 Å². The van der Waals surface area contributed by atoms with Crippen molar-refractivity contribution in [1.82, 2.24) is 0 Å². The van der Waals surface area contributed by atoms with Crippen LogP contribution < -0.4 is 0 Å².